The van der Waals surface area contributed by atoms with Gasteiger partial charge in [-0.15, -0.1) is 0 Å². The van der Waals surface area contributed by atoms with E-state index in [9.17, 15) is 4.79 Å². The summed E-state index contributed by atoms with van der Waals surface area (Å²) in [4.78, 5) is 10.3. The number of aromatic carboxylic acids is 1. The highest BCUT2D eigenvalue weighted by Gasteiger charge is 2.03. The van der Waals surface area contributed by atoms with Crippen LogP contribution < -0.4 is 5.73 Å². The molecule has 1 aromatic carbocycles. The maximum atomic E-state index is 10.3. The largest absolute Gasteiger partial charge is 0.478 e. The van der Waals surface area contributed by atoms with Gasteiger partial charge in [0.2, 0.25) is 0 Å². The van der Waals surface area contributed by atoms with Crippen LogP contribution in [0.4, 0.5) is 5.69 Å². The van der Waals surface area contributed by atoms with E-state index in [-0.39, 0.29) is 5.56 Å². The van der Waals surface area contributed by atoms with Crippen LogP contribution in [0.3, 0.4) is 0 Å². The van der Waals surface area contributed by atoms with Crippen LogP contribution in [-0.2, 0) is 0 Å². The van der Waals surface area contributed by atoms with Gasteiger partial charge in [-0.3, -0.25) is 0 Å². The normalized spacial score (nSPS) is 8.93. The van der Waals surface area contributed by atoms with Crippen molar-refractivity contribution in [3.8, 4) is 0 Å². The molecule has 0 amide bonds. The molecule has 0 atom stereocenters. The predicted octanol–water partition coefficient (Wildman–Crippen LogP) is 3.16. The Morgan fingerprint density at radius 2 is 1.80 bits per heavy atom. The first-order chi connectivity index (χ1) is 7.13. The topological polar surface area (TPSA) is 63.3 Å². The molecule has 0 aliphatic carbocycles. The zero-order valence-corrected chi connectivity index (χ0v) is 9.36. The fourth-order valence-electron chi connectivity index (χ4n) is 1.05. The summed E-state index contributed by atoms with van der Waals surface area (Å²) in [6, 6.07) is 6.36. The van der Waals surface area contributed by atoms with Gasteiger partial charge in [0.1, 0.15) is 0 Å². The number of para-hydroxylation sites is 1. The first-order valence-electron chi connectivity index (χ1n) is 5.21. The van der Waals surface area contributed by atoms with E-state index in [0.29, 0.717) is 5.69 Å². The lowest BCUT2D eigenvalue weighted by atomic mass is 10.2. The van der Waals surface area contributed by atoms with E-state index >= 15 is 0 Å². The van der Waals surface area contributed by atoms with Gasteiger partial charge in [0.15, 0.2) is 0 Å². The van der Waals surface area contributed by atoms with E-state index in [2.05, 4.69) is 13.8 Å². The molecule has 1 rings (SSSR count). The first-order valence-corrected chi connectivity index (χ1v) is 5.21. The highest BCUT2D eigenvalue weighted by Crippen LogP contribution is 2.08. The smallest absolute Gasteiger partial charge is 0.337 e. The van der Waals surface area contributed by atoms with Crippen LogP contribution in [0.25, 0.3) is 0 Å². The van der Waals surface area contributed by atoms with Crippen molar-refractivity contribution in [2.24, 2.45) is 0 Å². The second kappa shape index (κ2) is 7.85. The molecule has 1 aromatic rings. The Kier molecular flexibility index (Phi) is 7.06. The summed E-state index contributed by atoms with van der Waals surface area (Å²) in [5.74, 6) is -0.988. The summed E-state index contributed by atoms with van der Waals surface area (Å²) in [5, 5.41) is 8.49. The van der Waals surface area contributed by atoms with E-state index < -0.39 is 5.97 Å². The predicted molar refractivity (Wildman–Crippen MR) is 63.0 cm³/mol. The SMILES string of the molecule is CCCCC.Nc1ccccc1C(=O)O. The maximum absolute atomic E-state index is 10.3. The monoisotopic (exact) mass is 209 g/mol. The molecular weight excluding hydrogens is 190 g/mol. The molecule has 0 unspecified atom stereocenters. The molecule has 0 saturated heterocycles. The summed E-state index contributed by atoms with van der Waals surface area (Å²) in [7, 11) is 0. The highest BCUT2D eigenvalue weighted by molar-refractivity contribution is 5.93. The van der Waals surface area contributed by atoms with E-state index in [4.69, 9.17) is 10.8 Å². The second-order valence-electron chi connectivity index (χ2n) is 3.25. The number of anilines is 1. The van der Waals surface area contributed by atoms with Gasteiger partial charge in [0.25, 0.3) is 0 Å². The van der Waals surface area contributed by atoms with Crippen molar-refractivity contribution >= 4 is 11.7 Å². The molecule has 0 bridgehead atoms. The minimum absolute atomic E-state index is 0.155. The molecule has 0 saturated carbocycles. The zero-order chi connectivity index (χ0) is 11.7. The number of carboxylic acid groups (broad SMARTS) is 1. The lowest BCUT2D eigenvalue weighted by molar-refractivity contribution is 0.0698. The molecular formula is C12H19NO2. The molecule has 3 N–H and O–H groups in total. The van der Waals surface area contributed by atoms with Gasteiger partial charge in [0, 0.05) is 5.69 Å². The Bertz CT molecular complexity index is 295. The fraction of sp³-hybridized carbons (Fsp3) is 0.417. The number of rotatable bonds is 3. The molecule has 3 nitrogen and oxygen atoms in total. The average Bonchev–Trinajstić information content (AvgIpc) is 2.20. The third kappa shape index (κ3) is 5.73. The second-order valence-corrected chi connectivity index (χ2v) is 3.25. The molecule has 15 heavy (non-hydrogen) atoms. The molecule has 0 spiro atoms. The van der Waals surface area contributed by atoms with Gasteiger partial charge in [-0.2, -0.15) is 0 Å². The number of unbranched alkanes of at least 4 members (excludes halogenated alkanes) is 2. The van der Waals surface area contributed by atoms with Gasteiger partial charge in [-0.25, -0.2) is 4.79 Å². The zero-order valence-electron chi connectivity index (χ0n) is 9.36. The lowest BCUT2D eigenvalue weighted by Gasteiger charge is -1.96. The Morgan fingerprint density at radius 3 is 2.07 bits per heavy atom. The van der Waals surface area contributed by atoms with Gasteiger partial charge < -0.3 is 10.8 Å². The van der Waals surface area contributed by atoms with Gasteiger partial charge >= 0.3 is 5.97 Å². The minimum Gasteiger partial charge on any atom is -0.478 e. The van der Waals surface area contributed by atoms with Crippen LogP contribution in [0.2, 0.25) is 0 Å². The molecule has 3 heteroatoms. The van der Waals surface area contributed by atoms with Crippen molar-refractivity contribution in [1.82, 2.24) is 0 Å². The van der Waals surface area contributed by atoms with Crippen molar-refractivity contribution in [1.29, 1.82) is 0 Å². The highest BCUT2D eigenvalue weighted by atomic mass is 16.4. The quantitative estimate of drug-likeness (QED) is 0.751. The van der Waals surface area contributed by atoms with Crippen LogP contribution in [0.1, 0.15) is 43.5 Å². The fourth-order valence-corrected chi connectivity index (χ4v) is 1.05. The third-order valence-corrected chi connectivity index (χ3v) is 1.90. The number of nitrogens with two attached hydrogens (primary N) is 1. The van der Waals surface area contributed by atoms with Crippen molar-refractivity contribution in [2.45, 2.75) is 33.1 Å². The van der Waals surface area contributed by atoms with Gasteiger partial charge in [-0.05, 0) is 12.1 Å². The van der Waals surface area contributed by atoms with Crippen molar-refractivity contribution in [2.75, 3.05) is 5.73 Å². The standard InChI is InChI=1S/C7H7NO2.C5H12/c8-6-4-2-1-3-5(6)7(9)10;1-3-5-4-2/h1-4H,8H2,(H,9,10);3-5H2,1-2H3. The molecule has 0 heterocycles. The molecule has 0 radical (unpaired) electrons. The summed E-state index contributed by atoms with van der Waals surface area (Å²) in [6.45, 7) is 4.42. The number of nitrogen functional groups attached to an aromatic ring is 1. The molecule has 84 valence electrons. The number of hydrogen-bond acceptors (Lipinski definition) is 2. The van der Waals surface area contributed by atoms with Crippen LogP contribution in [0.15, 0.2) is 24.3 Å². The summed E-state index contributed by atoms with van der Waals surface area (Å²) in [5.41, 5.74) is 5.80. The summed E-state index contributed by atoms with van der Waals surface area (Å²) >= 11 is 0. The Balaban J connectivity index is 0.000000336. The number of benzene rings is 1. The van der Waals surface area contributed by atoms with Crippen molar-refractivity contribution in [3.05, 3.63) is 29.8 Å². The number of carboxylic acids is 1. The summed E-state index contributed by atoms with van der Waals surface area (Å²) in [6.07, 6.45) is 4.08. The first kappa shape index (κ1) is 13.5. The van der Waals surface area contributed by atoms with E-state index in [0.717, 1.165) is 0 Å². The van der Waals surface area contributed by atoms with Crippen LogP contribution in [0, 0.1) is 0 Å². The molecule has 0 aromatic heterocycles. The van der Waals surface area contributed by atoms with Crippen molar-refractivity contribution < 1.29 is 9.90 Å². The lowest BCUT2D eigenvalue weighted by Crippen LogP contribution is -2.00. The van der Waals surface area contributed by atoms with Crippen LogP contribution in [0.5, 0.6) is 0 Å². The average molecular weight is 209 g/mol. The summed E-state index contributed by atoms with van der Waals surface area (Å²) < 4.78 is 0. The number of hydrogen-bond donors (Lipinski definition) is 2. The maximum Gasteiger partial charge on any atom is 0.337 e. The van der Waals surface area contributed by atoms with Crippen LogP contribution in [-0.4, -0.2) is 11.1 Å². The van der Waals surface area contributed by atoms with E-state index in [1.807, 2.05) is 0 Å². The van der Waals surface area contributed by atoms with Gasteiger partial charge in [0.05, 0.1) is 5.56 Å². The molecule has 0 aliphatic heterocycles. The van der Waals surface area contributed by atoms with Gasteiger partial charge in [-0.1, -0.05) is 45.2 Å². The van der Waals surface area contributed by atoms with Crippen molar-refractivity contribution in [3.63, 3.8) is 0 Å². The third-order valence-electron chi connectivity index (χ3n) is 1.90. The van der Waals surface area contributed by atoms with E-state index in [1.54, 1.807) is 18.2 Å². The minimum atomic E-state index is -0.988. The molecule has 0 fully saturated rings. The Labute approximate surface area is 90.9 Å². The van der Waals surface area contributed by atoms with Crippen LogP contribution >= 0.6 is 0 Å². The number of carbonyl (C=O) groups is 1. The Hall–Kier alpha value is -1.51. The van der Waals surface area contributed by atoms with E-state index in [1.165, 1.54) is 25.3 Å². The Morgan fingerprint density at radius 1 is 1.27 bits per heavy atom. The molecule has 0 aliphatic rings.